The molecule has 1 aliphatic heterocycles. The second kappa shape index (κ2) is 7.32. The molecule has 3 fully saturated rings. The van der Waals surface area contributed by atoms with Gasteiger partial charge in [-0.3, -0.25) is 4.79 Å². The third kappa shape index (κ3) is 3.92. The Bertz CT molecular complexity index is 355. The van der Waals surface area contributed by atoms with Crippen LogP contribution in [0.5, 0.6) is 0 Å². The summed E-state index contributed by atoms with van der Waals surface area (Å²) in [6.07, 6.45) is 10.4. The van der Waals surface area contributed by atoms with Gasteiger partial charge in [0.05, 0.1) is 0 Å². The Morgan fingerprint density at radius 2 is 1.86 bits per heavy atom. The molecule has 0 aromatic heterocycles. The second-order valence-electron chi connectivity index (χ2n) is 7.45. The lowest BCUT2D eigenvalue weighted by molar-refractivity contribution is -0.135. The van der Waals surface area contributed by atoms with Crippen LogP contribution in [0.3, 0.4) is 0 Å². The van der Waals surface area contributed by atoms with Gasteiger partial charge in [-0.1, -0.05) is 32.1 Å². The number of carbonyl (C=O) groups is 1. The first-order valence-electron chi connectivity index (χ1n) is 8.71. The lowest BCUT2D eigenvalue weighted by atomic mass is 9.85. The quantitative estimate of drug-likeness (QED) is 0.869. The van der Waals surface area contributed by atoms with E-state index in [0.29, 0.717) is 17.7 Å². The highest BCUT2D eigenvalue weighted by Gasteiger charge is 2.49. The molecule has 0 aromatic carbocycles. The van der Waals surface area contributed by atoms with Crippen molar-refractivity contribution in [3.05, 3.63) is 0 Å². The summed E-state index contributed by atoms with van der Waals surface area (Å²) in [6.45, 7) is 3.96. The topological polar surface area (TPSA) is 46.3 Å². The number of nitrogens with two attached hydrogens (primary N) is 1. The Labute approximate surface area is 135 Å². The van der Waals surface area contributed by atoms with E-state index in [1.54, 1.807) is 0 Å². The van der Waals surface area contributed by atoms with Gasteiger partial charge in [0, 0.05) is 25.0 Å². The summed E-state index contributed by atoms with van der Waals surface area (Å²) in [6, 6.07) is 0.221. The number of likely N-dealkylation sites (tertiary alicyclic amines) is 1. The smallest absolute Gasteiger partial charge is 0.225 e. The van der Waals surface area contributed by atoms with Crippen LogP contribution < -0.4 is 5.73 Å². The van der Waals surface area contributed by atoms with E-state index in [1.165, 1.54) is 44.9 Å². The molecule has 0 aromatic rings. The molecule has 2 aliphatic carbocycles. The zero-order valence-corrected chi connectivity index (χ0v) is 14.1. The van der Waals surface area contributed by atoms with Crippen molar-refractivity contribution in [2.45, 2.75) is 64.3 Å². The minimum atomic E-state index is 0. The zero-order valence-electron chi connectivity index (χ0n) is 13.3. The summed E-state index contributed by atoms with van der Waals surface area (Å²) in [7, 11) is 0. The first-order chi connectivity index (χ1) is 9.66. The van der Waals surface area contributed by atoms with E-state index in [2.05, 4.69) is 11.8 Å². The predicted octanol–water partition coefficient (Wildman–Crippen LogP) is 3.21. The molecular weight excluding hydrogens is 284 g/mol. The second-order valence-corrected chi connectivity index (χ2v) is 7.45. The van der Waals surface area contributed by atoms with E-state index in [9.17, 15) is 4.79 Å². The molecule has 0 bridgehead atoms. The van der Waals surface area contributed by atoms with Gasteiger partial charge in [0.2, 0.25) is 5.91 Å². The highest BCUT2D eigenvalue weighted by molar-refractivity contribution is 5.85. The molecule has 4 atom stereocenters. The van der Waals surface area contributed by atoms with E-state index in [-0.39, 0.29) is 18.4 Å². The Hall–Kier alpha value is -0.280. The minimum absolute atomic E-state index is 0. The molecule has 122 valence electrons. The van der Waals surface area contributed by atoms with E-state index in [1.807, 2.05) is 0 Å². The number of hydrogen-bond donors (Lipinski definition) is 1. The number of halogens is 1. The van der Waals surface area contributed by atoms with Crippen LogP contribution in [0.15, 0.2) is 0 Å². The van der Waals surface area contributed by atoms with Crippen LogP contribution in [-0.2, 0) is 4.79 Å². The van der Waals surface area contributed by atoms with Crippen LogP contribution in [-0.4, -0.2) is 29.9 Å². The molecule has 0 radical (unpaired) electrons. The molecule has 21 heavy (non-hydrogen) atoms. The fraction of sp³-hybridized carbons (Fsp3) is 0.941. The Balaban J connectivity index is 0.00000161. The maximum absolute atomic E-state index is 12.7. The maximum Gasteiger partial charge on any atom is 0.225 e. The molecular formula is C17H31ClN2O. The fourth-order valence-electron chi connectivity index (χ4n) is 4.46. The average Bonchev–Trinajstić information content (AvgIpc) is 3.28. The van der Waals surface area contributed by atoms with Gasteiger partial charge < -0.3 is 10.6 Å². The van der Waals surface area contributed by atoms with Gasteiger partial charge in [-0.05, 0) is 43.9 Å². The van der Waals surface area contributed by atoms with Gasteiger partial charge in [-0.15, -0.1) is 12.4 Å². The first kappa shape index (κ1) is 17.1. The van der Waals surface area contributed by atoms with E-state index in [0.717, 1.165) is 31.3 Å². The summed E-state index contributed by atoms with van der Waals surface area (Å²) < 4.78 is 0. The van der Waals surface area contributed by atoms with Gasteiger partial charge in [0.15, 0.2) is 0 Å². The normalized spacial score (nSPS) is 35.0. The molecule has 3 nitrogen and oxygen atoms in total. The number of rotatable bonds is 3. The fourth-order valence-corrected chi connectivity index (χ4v) is 4.46. The number of amides is 1. The first-order valence-corrected chi connectivity index (χ1v) is 8.71. The van der Waals surface area contributed by atoms with Crippen molar-refractivity contribution < 1.29 is 4.79 Å². The molecule has 4 unspecified atom stereocenters. The van der Waals surface area contributed by atoms with Crippen LogP contribution in [0.25, 0.3) is 0 Å². The third-order valence-electron chi connectivity index (χ3n) is 5.93. The van der Waals surface area contributed by atoms with E-state index in [4.69, 9.17) is 5.73 Å². The van der Waals surface area contributed by atoms with Gasteiger partial charge in [-0.25, -0.2) is 0 Å². The lowest BCUT2D eigenvalue weighted by Crippen LogP contribution is -2.45. The highest BCUT2D eigenvalue weighted by Crippen LogP contribution is 2.50. The molecule has 2 saturated carbocycles. The van der Waals surface area contributed by atoms with Crippen LogP contribution >= 0.6 is 12.4 Å². The van der Waals surface area contributed by atoms with Gasteiger partial charge in [-0.2, -0.15) is 0 Å². The summed E-state index contributed by atoms with van der Waals surface area (Å²) in [5, 5.41) is 0. The van der Waals surface area contributed by atoms with Crippen molar-refractivity contribution in [3.8, 4) is 0 Å². The van der Waals surface area contributed by atoms with Gasteiger partial charge in [0.25, 0.3) is 0 Å². The molecule has 4 heteroatoms. The highest BCUT2D eigenvalue weighted by atomic mass is 35.5. The predicted molar refractivity (Wildman–Crippen MR) is 88.4 cm³/mol. The molecule has 1 amide bonds. The lowest BCUT2D eigenvalue weighted by Gasteiger charge is -2.35. The van der Waals surface area contributed by atoms with Crippen molar-refractivity contribution in [2.24, 2.45) is 29.4 Å². The van der Waals surface area contributed by atoms with Crippen LogP contribution in [0, 0.1) is 23.7 Å². The number of carbonyl (C=O) groups excluding carboxylic acids is 1. The van der Waals surface area contributed by atoms with Crippen molar-refractivity contribution in [1.82, 2.24) is 4.90 Å². The van der Waals surface area contributed by atoms with Gasteiger partial charge >= 0.3 is 0 Å². The van der Waals surface area contributed by atoms with Crippen molar-refractivity contribution in [1.29, 1.82) is 0 Å². The van der Waals surface area contributed by atoms with Gasteiger partial charge in [0.1, 0.15) is 0 Å². The summed E-state index contributed by atoms with van der Waals surface area (Å²) in [4.78, 5) is 14.8. The average molecular weight is 315 g/mol. The number of hydrogen-bond acceptors (Lipinski definition) is 2. The monoisotopic (exact) mass is 314 g/mol. The Morgan fingerprint density at radius 1 is 1.14 bits per heavy atom. The van der Waals surface area contributed by atoms with Crippen LogP contribution in [0.4, 0.5) is 0 Å². The van der Waals surface area contributed by atoms with Crippen LogP contribution in [0.2, 0.25) is 0 Å². The third-order valence-corrected chi connectivity index (χ3v) is 5.93. The largest absolute Gasteiger partial charge is 0.342 e. The van der Waals surface area contributed by atoms with E-state index < -0.39 is 0 Å². The molecule has 0 spiro atoms. The van der Waals surface area contributed by atoms with Crippen LogP contribution in [0.1, 0.15) is 58.3 Å². The summed E-state index contributed by atoms with van der Waals surface area (Å²) in [5.74, 6) is 2.90. The SMILES string of the molecule is CC(N)C1CCCN(C(=O)C2CC2C2CCCCC2)C1.Cl. The summed E-state index contributed by atoms with van der Waals surface area (Å²) >= 11 is 0. The van der Waals surface area contributed by atoms with Crippen molar-refractivity contribution in [3.63, 3.8) is 0 Å². The molecule has 3 rings (SSSR count). The molecule has 2 N–H and O–H groups in total. The molecule has 3 aliphatic rings. The zero-order chi connectivity index (χ0) is 14.1. The Kier molecular flexibility index (Phi) is 5.96. The Morgan fingerprint density at radius 3 is 2.52 bits per heavy atom. The summed E-state index contributed by atoms with van der Waals surface area (Å²) in [5.41, 5.74) is 6.03. The molecule has 1 heterocycles. The minimum Gasteiger partial charge on any atom is -0.342 e. The van der Waals surface area contributed by atoms with E-state index >= 15 is 0 Å². The maximum atomic E-state index is 12.7. The van der Waals surface area contributed by atoms with Crippen molar-refractivity contribution in [2.75, 3.05) is 13.1 Å². The molecule has 1 saturated heterocycles. The standard InChI is InChI=1S/C17H30N2O.ClH/c1-12(18)14-8-5-9-19(11-14)17(20)16-10-15(16)13-6-3-2-4-7-13;/h12-16H,2-11,18H2,1H3;1H. The van der Waals surface area contributed by atoms with Crippen molar-refractivity contribution >= 4 is 18.3 Å². The number of piperidine rings is 1. The number of nitrogens with zero attached hydrogens (tertiary/aromatic N) is 1.